The van der Waals surface area contributed by atoms with E-state index >= 15 is 0 Å². The Morgan fingerprint density at radius 2 is 2.06 bits per heavy atom. The van der Waals surface area contributed by atoms with Crippen molar-refractivity contribution in [1.82, 2.24) is 4.98 Å². The molecule has 0 unspecified atom stereocenters. The molecule has 16 heavy (non-hydrogen) atoms. The summed E-state index contributed by atoms with van der Waals surface area (Å²) >= 11 is 0. The zero-order valence-electron chi connectivity index (χ0n) is 9.01. The van der Waals surface area contributed by atoms with Gasteiger partial charge < -0.3 is 0 Å². The van der Waals surface area contributed by atoms with Gasteiger partial charge in [-0.05, 0) is 24.0 Å². The lowest BCUT2D eigenvalue weighted by molar-refractivity contribution is -0.141. The predicted molar refractivity (Wildman–Crippen MR) is 54.6 cm³/mol. The van der Waals surface area contributed by atoms with Crippen molar-refractivity contribution in [3.63, 3.8) is 0 Å². The van der Waals surface area contributed by atoms with Crippen molar-refractivity contribution in [2.45, 2.75) is 32.4 Å². The van der Waals surface area contributed by atoms with Crippen molar-refractivity contribution >= 4 is 0 Å². The molecule has 0 atom stereocenters. The second-order valence-electron chi connectivity index (χ2n) is 4.36. The van der Waals surface area contributed by atoms with Crippen molar-refractivity contribution in [3.8, 4) is 0 Å². The Bertz CT molecular complexity index is 352. The van der Waals surface area contributed by atoms with Gasteiger partial charge in [-0.1, -0.05) is 25.8 Å². The average molecular weight is 228 g/mol. The summed E-state index contributed by atoms with van der Waals surface area (Å²) in [6.07, 6.45) is 0.438. The minimum Gasteiger partial charge on any atom is -0.251 e. The maximum Gasteiger partial charge on any atom is 0.433 e. The van der Waals surface area contributed by atoms with Crippen molar-refractivity contribution in [3.05, 3.63) is 35.5 Å². The molecule has 87 valence electrons. The zero-order valence-corrected chi connectivity index (χ0v) is 9.01. The molecular weight excluding hydrogens is 215 g/mol. The van der Waals surface area contributed by atoms with Gasteiger partial charge in [0.25, 0.3) is 0 Å². The van der Waals surface area contributed by atoms with Crippen LogP contribution in [-0.4, -0.2) is 4.98 Å². The second-order valence-corrected chi connectivity index (χ2v) is 4.36. The van der Waals surface area contributed by atoms with E-state index in [0.29, 0.717) is 0 Å². The molecule has 0 aliphatic heterocycles. The quantitative estimate of drug-likeness (QED) is 0.765. The molecule has 0 spiro atoms. The molecule has 1 aromatic rings. The molecule has 1 radical (unpaired) electrons. The SMILES string of the molecule is C[C](CC1CC1)c1ccc(C(F)(F)F)nc1. The Hall–Kier alpha value is -1.06. The monoisotopic (exact) mass is 228 g/mol. The van der Waals surface area contributed by atoms with E-state index in [2.05, 4.69) is 4.98 Å². The van der Waals surface area contributed by atoms with Gasteiger partial charge in [0, 0.05) is 12.1 Å². The van der Waals surface area contributed by atoms with Crippen LogP contribution >= 0.6 is 0 Å². The van der Waals surface area contributed by atoms with Crippen molar-refractivity contribution in [2.75, 3.05) is 0 Å². The number of rotatable bonds is 3. The molecule has 2 rings (SSSR count). The molecule has 0 N–H and O–H groups in total. The summed E-state index contributed by atoms with van der Waals surface area (Å²) in [4.78, 5) is 3.45. The summed E-state index contributed by atoms with van der Waals surface area (Å²) < 4.78 is 36.8. The number of pyridine rings is 1. The van der Waals surface area contributed by atoms with E-state index in [1.165, 1.54) is 25.1 Å². The number of aromatic nitrogens is 1. The van der Waals surface area contributed by atoms with E-state index in [9.17, 15) is 13.2 Å². The minimum atomic E-state index is -4.34. The van der Waals surface area contributed by atoms with Gasteiger partial charge >= 0.3 is 6.18 Å². The van der Waals surface area contributed by atoms with Crippen LogP contribution in [0.3, 0.4) is 0 Å². The summed E-state index contributed by atoms with van der Waals surface area (Å²) in [7, 11) is 0. The summed E-state index contributed by atoms with van der Waals surface area (Å²) in [5, 5.41) is 0. The standard InChI is InChI=1S/C12H13F3N/c1-8(6-9-2-3-9)10-4-5-11(16-7-10)12(13,14)15/h4-5,7,9H,2-3,6H2,1H3. The van der Waals surface area contributed by atoms with Crippen LogP contribution in [0.15, 0.2) is 18.3 Å². The smallest absolute Gasteiger partial charge is 0.251 e. The first kappa shape index (κ1) is 11.4. The lowest BCUT2D eigenvalue weighted by Crippen LogP contribution is -2.08. The third-order valence-electron chi connectivity index (χ3n) is 2.84. The van der Waals surface area contributed by atoms with Gasteiger partial charge in [0.2, 0.25) is 0 Å². The molecule has 1 aliphatic rings. The molecule has 0 bridgehead atoms. The highest BCUT2D eigenvalue weighted by Gasteiger charge is 2.32. The van der Waals surface area contributed by atoms with E-state index in [1.54, 1.807) is 0 Å². The largest absolute Gasteiger partial charge is 0.433 e. The molecular formula is C12H13F3N. The van der Waals surface area contributed by atoms with Crippen LogP contribution in [0, 0.1) is 11.8 Å². The van der Waals surface area contributed by atoms with Crippen molar-refractivity contribution < 1.29 is 13.2 Å². The Labute approximate surface area is 92.7 Å². The van der Waals surface area contributed by atoms with Crippen LogP contribution in [0.4, 0.5) is 13.2 Å². The molecule has 4 heteroatoms. The number of nitrogens with zero attached hydrogens (tertiary/aromatic N) is 1. The van der Waals surface area contributed by atoms with Crippen LogP contribution < -0.4 is 0 Å². The summed E-state index contributed by atoms with van der Waals surface area (Å²) in [6, 6.07) is 2.55. The van der Waals surface area contributed by atoms with E-state index in [-0.39, 0.29) is 0 Å². The number of hydrogen-bond donors (Lipinski definition) is 0. The van der Waals surface area contributed by atoms with Gasteiger partial charge in [-0.15, -0.1) is 0 Å². The molecule has 1 nitrogen and oxygen atoms in total. The molecule has 1 aromatic heterocycles. The molecule has 1 aliphatic carbocycles. The molecule has 0 amide bonds. The van der Waals surface area contributed by atoms with Gasteiger partial charge in [-0.2, -0.15) is 13.2 Å². The molecule has 1 heterocycles. The van der Waals surface area contributed by atoms with Crippen molar-refractivity contribution in [2.24, 2.45) is 5.92 Å². The Kier molecular flexibility index (Phi) is 2.91. The highest BCUT2D eigenvalue weighted by atomic mass is 19.4. The van der Waals surface area contributed by atoms with E-state index < -0.39 is 11.9 Å². The summed E-state index contributed by atoms with van der Waals surface area (Å²) in [6.45, 7) is 1.96. The van der Waals surface area contributed by atoms with Gasteiger partial charge in [0.1, 0.15) is 5.69 Å². The Morgan fingerprint density at radius 3 is 2.50 bits per heavy atom. The summed E-state index contributed by atoms with van der Waals surface area (Å²) in [5.41, 5.74) is -0.00429. The third kappa shape index (κ3) is 2.74. The molecule has 1 saturated carbocycles. The number of hydrogen-bond acceptors (Lipinski definition) is 1. The van der Waals surface area contributed by atoms with Crippen LogP contribution in [0.5, 0.6) is 0 Å². The highest BCUT2D eigenvalue weighted by molar-refractivity contribution is 5.28. The first-order valence-corrected chi connectivity index (χ1v) is 5.33. The lowest BCUT2D eigenvalue weighted by atomic mass is 9.97. The molecule has 0 aromatic carbocycles. The fourth-order valence-electron chi connectivity index (χ4n) is 1.69. The average Bonchev–Trinajstić information content (AvgIpc) is 3.00. The van der Waals surface area contributed by atoms with Gasteiger partial charge in [0.05, 0.1) is 0 Å². The predicted octanol–water partition coefficient (Wildman–Crippen LogP) is 3.84. The first-order valence-electron chi connectivity index (χ1n) is 5.33. The van der Waals surface area contributed by atoms with Crippen LogP contribution in [-0.2, 0) is 6.18 Å². The van der Waals surface area contributed by atoms with Crippen LogP contribution in [0.1, 0.15) is 37.4 Å². The topological polar surface area (TPSA) is 12.9 Å². The lowest BCUT2D eigenvalue weighted by Gasteiger charge is -2.11. The maximum absolute atomic E-state index is 12.3. The van der Waals surface area contributed by atoms with Gasteiger partial charge in [-0.3, -0.25) is 4.98 Å². The molecule has 0 saturated heterocycles. The zero-order chi connectivity index (χ0) is 11.8. The Morgan fingerprint density at radius 1 is 1.38 bits per heavy atom. The van der Waals surface area contributed by atoms with E-state index in [4.69, 9.17) is 0 Å². The van der Waals surface area contributed by atoms with Crippen molar-refractivity contribution in [1.29, 1.82) is 0 Å². The molecule has 1 fully saturated rings. The van der Waals surface area contributed by atoms with Crippen LogP contribution in [0.25, 0.3) is 0 Å². The second kappa shape index (κ2) is 4.07. The fraction of sp³-hybridized carbons (Fsp3) is 0.500. The highest BCUT2D eigenvalue weighted by Crippen LogP contribution is 2.38. The van der Waals surface area contributed by atoms with Gasteiger partial charge in [0.15, 0.2) is 0 Å². The Balaban J connectivity index is 2.05. The number of halogens is 3. The fourth-order valence-corrected chi connectivity index (χ4v) is 1.69. The third-order valence-corrected chi connectivity index (χ3v) is 2.84. The van der Waals surface area contributed by atoms with E-state index in [0.717, 1.165) is 29.9 Å². The van der Waals surface area contributed by atoms with E-state index in [1.807, 2.05) is 6.92 Å². The summed E-state index contributed by atoms with van der Waals surface area (Å²) in [5.74, 6) is 1.87. The number of alkyl halides is 3. The minimum absolute atomic E-state index is 0.738. The first-order chi connectivity index (χ1) is 7.47. The van der Waals surface area contributed by atoms with Crippen LogP contribution in [0.2, 0.25) is 0 Å². The normalized spacial score (nSPS) is 16.8. The maximum atomic E-state index is 12.3. The van der Waals surface area contributed by atoms with Gasteiger partial charge in [-0.25, -0.2) is 0 Å².